The van der Waals surface area contributed by atoms with Crippen LogP contribution in [0.25, 0.3) is 0 Å². The van der Waals surface area contributed by atoms with Crippen LogP contribution in [-0.2, 0) is 0 Å². The molecule has 1 aromatic carbocycles. The highest BCUT2D eigenvalue weighted by Gasteiger charge is 2.03. The Balaban J connectivity index is 2.79. The minimum absolute atomic E-state index is 0.397. The van der Waals surface area contributed by atoms with Gasteiger partial charge in [-0.3, -0.25) is 5.43 Å². The molecule has 92 valence electrons. The predicted molar refractivity (Wildman–Crippen MR) is 81.4 cm³/mol. The number of halogens is 1. The first kappa shape index (κ1) is 14.0. The Labute approximate surface area is 119 Å². The van der Waals surface area contributed by atoms with E-state index in [-0.39, 0.29) is 0 Å². The summed E-state index contributed by atoms with van der Waals surface area (Å²) in [5.74, 6) is 1.37. The van der Waals surface area contributed by atoms with Crippen molar-refractivity contribution in [1.29, 1.82) is 0 Å². The summed E-state index contributed by atoms with van der Waals surface area (Å²) in [5.41, 5.74) is 3.42. The molecule has 5 nitrogen and oxygen atoms in total. The van der Waals surface area contributed by atoms with Crippen LogP contribution in [-0.4, -0.2) is 23.6 Å². The van der Waals surface area contributed by atoms with Crippen molar-refractivity contribution in [2.75, 3.05) is 19.5 Å². The number of ether oxygens (including phenoxy) is 2. The fourth-order valence-electron chi connectivity index (χ4n) is 1.12. The molecule has 0 aliphatic rings. The Morgan fingerprint density at radius 3 is 2.35 bits per heavy atom. The molecule has 2 N–H and O–H groups in total. The summed E-state index contributed by atoms with van der Waals surface area (Å²) < 4.78 is 11.9. The molecule has 0 radical (unpaired) electrons. The van der Waals surface area contributed by atoms with Crippen molar-refractivity contribution in [1.82, 2.24) is 5.43 Å². The number of nitrogens with zero attached hydrogens (tertiary/aromatic N) is 1. The van der Waals surface area contributed by atoms with Crippen LogP contribution in [0.15, 0.2) is 23.3 Å². The van der Waals surface area contributed by atoms with Gasteiger partial charge in [-0.25, -0.2) is 0 Å². The van der Waals surface area contributed by atoms with Crippen molar-refractivity contribution in [3.63, 3.8) is 0 Å². The minimum Gasteiger partial charge on any atom is -0.497 e. The number of nitrogens with one attached hydrogen (secondary N) is 2. The molecule has 0 saturated carbocycles. The van der Waals surface area contributed by atoms with Crippen LogP contribution in [0.4, 0.5) is 5.69 Å². The van der Waals surface area contributed by atoms with E-state index in [1.165, 1.54) is 0 Å². The Kier molecular flexibility index (Phi) is 5.98. The summed E-state index contributed by atoms with van der Waals surface area (Å²) in [5, 5.41) is 7.16. The van der Waals surface area contributed by atoms with Gasteiger partial charge >= 0.3 is 0 Å². The average molecular weight is 365 g/mol. The van der Waals surface area contributed by atoms with Crippen LogP contribution >= 0.6 is 34.8 Å². The van der Waals surface area contributed by atoms with Crippen LogP contribution in [0, 0.1) is 0 Å². The van der Waals surface area contributed by atoms with Crippen LogP contribution in [0.1, 0.15) is 0 Å². The normalized spacial score (nSPS) is 10.1. The van der Waals surface area contributed by atoms with Gasteiger partial charge in [0.2, 0.25) is 0 Å². The third kappa shape index (κ3) is 4.73. The third-order valence-corrected chi connectivity index (χ3v) is 2.30. The van der Waals surface area contributed by atoms with Gasteiger partial charge in [-0.2, -0.15) is 5.10 Å². The van der Waals surface area contributed by atoms with Crippen LogP contribution in [0.5, 0.6) is 11.5 Å². The van der Waals surface area contributed by atoms with Gasteiger partial charge in [-0.1, -0.05) is 0 Å². The second kappa shape index (κ2) is 7.28. The zero-order chi connectivity index (χ0) is 12.7. The summed E-state index contributed by atoms with van der Waals surface area (Å²) in [7, 11) is 3.19. The first-order valence-corrected chi connectivity index (χ1v) is 6.26. The van der Waals surface area contributed by atoms with Crippen LogP contribution < -0.4 is 20.2 Å². The van der Waals surface area contributed by atoms with Crippen molar-refractivity contribution in [2.24, 2.45) is 5.10 Å². The molecule has 0 unspecified atom stereocenters. The van der Waals surface area contributed by atoms with Crippen molar-refractivity contribution < 1.29 is 9.47 Å². The molecular formula is C10H12IN3O2S. The summed E-state index contributed by atoms with van der Waals surface area (Å²) >= 11 is 7.03. The average Bonchev–Trinajstić information content (AvgIpc) is 2.35. The molecule has 7 heteroatoms. The molecule has 17 heavy (non-hydrogen) atoms. The Hall–Kier alpha value is -1.09. The van der Waals surface area contributed by atoms with Crippen molar-refractivity contribution in [3.8, 4) is 11.5 Å². The molecule has 0 spiro atoms. The summed E-state index contributed by atoms with van der Waals surface area (Å²) in [6.45, 7) is 0. The molecule has 0 aromatic heterocycles. The minimum atomic E-state index is 0.397. The highest BCUT2D eigenvalue weighted by molar-refractivity contribution is 14.1. The van der Waals surface area contributed by atoms with E-state index in [2.05, 4.69) is 15.8 Å². The largest absolute Gasteiger partial charge is 0.497 e. The van der Waals surface area contributed by atoms with Gasteiger partial charge in [-0.15, -0.1) is 0 Å². The monoisotopic (exact) mass is 365 g/mol. The van der Waals surface area contributed by atoms with E-state index in [0.717, 1.165) is 5.69 Å². The van der Waals surface area contributed by atoms with E-state index in [1.807, 2.05) is 34.7 Å². The zero-order valence-electron chi connectivity index (χ0n) is 9.36. The lowest BCUT2D eigenvalue weighted by atomic mass is 10.3. The van der Waals surface area contributed by atoms with Crippen LogP contribution in [0.3, 0.4) is 0 Å². The lowest BCUT2D eigenvalue weighted by Gasteiger charge is -2.10. The second-order valence-corrected chi connectivity index (χ2v) is 3.86. The SMILES string of the molecule is COc1cc(NC(=S)N/N=C/I)cc(OC)c1. The molecule has 0 aliphatic carbocycles. The maximum Gasteiger partial charge on any atom is 0.191 e. The summed E-state index contributed by atoms with van der Waals surface area (Å²) in [6.07, 6.45) is 0. The van der Waals surface area contributed by atoms with E-state index in [0.29, 0.717) is 16.6 Å². The van der Waals surface area contributed by atoms with Crippen LogP contribution in [0.2, 0.25) is 0 Å². The summed E-state index contributed by atoms with van der Waals surface area (Å²) in [4.78, 5) is 0. The number of hydrogen-bond acceptors (Lipinski definition) is 4. The fraction of sp³-hybridized carbons (Fsp3) is 0.200. The van der Waals surface area contributed by atoms with Gasteiger partial charge in [0.05, 0.1) is 18.4 Å². The van der Waals surface area contributed by atoms with E-state index in [4.69, 9.17) is 21.7 Å². The first-order valence-electron chi connectivity index (χ1n) is 4.61. The van der Waals surface area contributed by atoms with E-state index >= 15 is 0 Å². The summed E-state index contributed by atoms with van der Waals surface area (Å²) in [6, 6.07) is 5.40. The van der Waals surface area contributed by atoms with Crippen molar-refractivity contribution in [3.05, 3.63) is 18.2 Å². The molecule has 1 aromatic rings. The number of hydrogen-bond donors (Lipinski definition) is 2. The van der Waals surface area contributed by atoms with Gasteiger partial charge in [0, 0.05) is 23.9 Å². The maximum absolute atomic E-state index is 5.15. The topological polar surface area (TPSA) is 54.9 Å². The molecule has 0 amide bonds. The second-order valence-electron chi connectivity index (χ2n) is 2.89. The molecule has 0 aliphatic heterocycles. The zero-order valence-corrected chi connectivity index (χ0v) is 12.3. The smallest absolute Gasteiger partial charge is 0.191 e. The van der Waals surface area contributed by atoms with E-state index in [1.54, 1.807) is 24.5 Å². The van der Waals surface area contributed by atoms with Gasteiger partial charge in [0.1, 0.15) is 11.5 Å². The highest BCUT2D eigenvalue weighted by Crippen LogP contribution is 2.25. The Morgan fingerprint density at radius 2 is 1.88 bits per heavy atom. The lowest BCUT2D eigenvalue weighted by Crippen LogP contribution is -2.23. The van der Waals surface area contributed by atoms with Gasteiger partial charge < -0.3 is 14.8 Å². The van der Waals surface area contributed by atoms with Gasteiger partial charge in [-0.05, 0) is 34.8 Å². The number of anilines is 1. The highest BCUT2D eigenvalue weighted by atomic mass is 127. The first-order chi connectivity index (χ1) is 8.19. The quantitative estimate of drug-likeness (QED) is 0.371. The number of hydrazone groups is 1. The van der Waals surface area contributed by atoms with E-state index < -0.39 is 0 Å². The standard InChI is InChI=1S/C10H12IN3O2S/c1-15-8-3-7(4-9(5-8)16-2)13-10(17)14-12-6-11/h3-6H,1-2H3,(H2,13,14,17)/b12-6+. The Bertz CT molecular complexity index is 404. The number of benzene rings is 1. The fourth-order valence-corrected chi connectivity index (χ4v) is 1.43. The molecular weight excluding hydrogens is 353 g/mol. The molecule has 0 saturated heterocycles. The Morgan fingerprint density at radius 1 is 1.29 bits per heavy atom. The molecule has 0 atom stereocenters. The predicted octanol–water partition coefficient (Wildman–Crippen LogP) is 2.37. The molecule has 0 heterocycles. The number of thiocarbonyl (C=S) groups is 1. The van der Waals surface area contributed by atoms with Gasteiger partial charge in [0.15, 0.2) is 5.11 Å². The van der Waals surface area contributed by atoms with Crippen molar-refractivity contribution in [2.45, 2.75) is 0 Å². The van der Waals surface area contributed by atoms with E-state index in [9.17, 15) is 0 Å². The molecule has 1 rings (SSSR count). The molecule has 0 fully saturated rings. The van der Waals surface area contributed by atoms with Crippen molar-refractivity contribution >= 4 is 49.8 Å². The molecule has 0 bridgehead atoms. The lowest BCUT2D eigenvalue weighted by molar-refractivity contribution is 0.395. The number of methoxy groups -OCH3 is 2. The van der Waals surface area contributed by atoms with Gasteiger partial charge in [0.25, 0.3) is 0 Å². The third-order valence-electron chi connectivity index (χ3n) is 1.82. The maximum atomic E-state index is 5.15. The number of rotatable bonds is 4.